The van der Waals surface area contributed by atoms with E-state index >= 15 is 0 Å². The fraction of sp³-hybridized carbons (Fsp3) is 0.400. The highest BCUT2D eigenvalue weighted by atomic mass is 19.1. The standard InChI is InChI=1S/C15H17FO/c1-10-3-4-11(2)15(14(10)9-17)12-5-7-13(16)8-6-12/h3-11,14-15H,1-2H3/t10-,11+,14+,15-/m1/s1. The zero-order chi connectivity index (χ0) is 12.4. The molecule has 4 atom stereocenters. The Morgan fingerprint density at radius 3 is 2.24 bits per heavy atom. The average Bonchev–Trinajstić information content (AvgIpc) is 2.33. The second kappa shape index (κ2) is 4.82. The minimum atomic E-state index is -0.233. The van der Waals surface area contributed by atoms with Gasteiger partial charge in [0, 0.05) is 5.92 Å². The summed E-state index contributed by atoms with van der Waals surface area (Å²) in [6, 6.07) is 6.51. The zero-order valence-electron chi connectivity index (χ0n) is 10.1. The minimum Gasteiger partial charge on any atom is -0.303 e. The summed E-state index contributed by atoms with van der Waals surface area (Å²) in [7, 11) is 0. The molecule has 1 nitrogen and oxygen atoms in total. The van der Waals surface area contributed by atoms with Gasteiger partial charge in [-0.15, -0.1) is 0 Å². The molecular formula is C15H17FO. The van der Waals surface area contributed by atoms with Crippen LogP contribution in [0, 0.1) is 23.6 Å². The molecule has 0 N–H and O–H groups in total. The van der Waals surface area contributed by atoms with E-state index in [9.17, 15) is 9.18 Å². The topological polar surface area (TPSA) is 17.1 Å². The first-order valence-corrected chi connectivity index (χ1v) is 6.02. The Hall–Kier alpha value is -1.44. The van der Waals surface area contributed by atoms with Crippen LogP contribution in [-0.2, 0) is 4.79 Å². The van der Waals surface area contributed by atoms with Crippen molar-refractivity contribution in [2.24, 2.45) is 17.8 Å². The fourth-order valence-corrected chi connectivity index (χ4v) is 2.70. The second-order valence-electron chi connectivity index (χ2n) is 4.89. The summed E-state index contributed by atoms with van der Waals surface area (Å²) in [5.41, 5.74) is 1.05. The van der Waals surface area contributed by atoms with Crippen molar-refractivity contribution in [2.75, 3.05) is 0 Å². The monoisotopic (exact) mass is 232 g/mol. The van der Waals surface area contributed by atoms with Gasteiger partial charge in [-0.3, -0.25) is 0 Å². The Kier molecular flexibility index (Phi) is 3.41. The van der Waals surface area contributed by atoms with Crippen molar-refractivity contribution in [3.8, 4) is 0 Å². The fourth-order valence-electron chi connectivity index (χ4n) is 2.70. The molecule has 0 amide bonds. The SMILES string of the molecule is C[C@@H]1C=C[C@H](C)[C@H](c2ccc(F)cc2)[C@H]1C=O. The molecule has 0 saturated carbocycles. The highest BCUT2D eigenvalue weighted by molar-refractivity contribution is 5.58. The van der Waals surface area contributed by atoms with E-state index in [4.69, 9.17) is 0 Å². The van der Waals surface area contributed by atoms with E-state index < -0.39 is 0 Å². The van der Waals surface area contributed by atoms with Gasteiger partial charge in [-0.1, -0.05) is 38.1 Å². The molecule has 0 aliphatic heterocycles. The molecule has 2 heteroatoms. The van der Waals surface area contributed by atoms with Gasteiger partial charge < -0.3 is 4.79 Å². The quantitative estimate of drug-likeness (QED) is 0.563. The Morgan fingerprint density at radius 2 is 1.65 bits per heavy atom. The van der Waals surface area contributed by atoms with E-state index in [1.807, 2.05) is 0 Å². The van der Waals surface area contributed by atoms with Gasteiger partial charge in [-0.25, -0.2) is 4.39 Å². The summed E-state index contributed by atoms with van der Waals surface area (Å²) in [5.74, 6) is 0.475. The van der Waals surface area contributed by atoms with E-state index in [1.54, 1.807) is 12.1 Å². The van der Waals surface area contributed by atoms with Gasteiger partial charge in [0.1, 0.15) is 12.1 Å². The molecule has 0 bridgehead atoms. The zero-order valence-corrected chi connectivity index (χ0v) is 10.1. The maximum atomic E-state index is 12.9. The number of hydrogen-bond acceptors (Lipinski definition) is 1. The lowest BCUT2D eigenvalue weighted by Crippen LogP contribution is -2.28. The molecule has 0 fully saturated rings. The van der Waals surface area contributed by atoms with E-state index in [-0.39, 0.29) is 23.6 Å². The molecule has 1 aromatic rings. The van der Waals surface area contributed by atoms with Crippen LogP contribution in [0.5, 0.6) is 0 Å². The molecule has 0 spiro atoms. The molecule has 17 heavy (non-hydrogen) atoms. The van der Waals surface area contributed by atoms with Gasteiger partial charge in [0.25, 0.3) is 0 Å². The van der Waals surface area contributed by atoms with Gasteiger partial charge in [-0.05, 0) is 35.4 Å². The van der Waals surface area contributed by atoms with Crippen molar-refractivity contribution < 1.29 is 9.18 Å². The number of hydrogen-bond donors (Lipinski definition) is 0. The molecular weight excluding hydrogens is 215 g/mol. The van der Waals surface area contributed by atoms with E-state index in [0.29, 0.717) is 5.92 Å². The molecule has 0 saturated heterocycles. The summed E-state index contributed by atoms with van der Waals surface area (Å²) in [4.78, 5) is 11.3. The number of aldehydes is 1. The second-order valence-corrected chi connectivity index (χ2v) is 4.89. The highest BCUT2D eigenvalue weighted by Gasteiger charge is 2.33. The van der Waals surface area contributed by atoms with Gasteiger partial charge in [-0.2, -0.15) is 0 Å². The van der Waals surface area contributed by atoms with Crippen molar-refractivity contribution >= 4 is 6.29 Å². The number of carbonyl (C=O) groups is 1. The Balaban J connectivity index is 2.37. The first kappa shape index (κ1) is 12.0. The van der Waals surface area contributed by atoms with Gasteiger partial charge in [0.05, 0.1) is 0 Å². The molecule has 1 aliphatic carbocycles. The summed E-state index contributed by atoms with van der Waals surface area (Å²) < 4.78 is 12.9. The molecule has 2 rings (SSSR count). The van der Waals surface area contributed by atoms with Gasteiger partial charge >= 0.3 is 0 Å². The third kappa shape index (κ3) is 2.31. The van der Waals surface area contributed by atoms with Crippen molar-refractivity contribution in [3.05, 3.63) is 47.8 Å². The van der Waals surface area contributed by atoms with Crippen molar-refractivity contribution in [3.63, 3.8) is 0 Å². The minimum absolute atomic E-state index is 0.0135. The summed E-state index contributed by atoms with van der Waals surface area (Å²) in [6.07, 6.45) is 5.29. The first-order valence-electron chi connectivity index (χ1n) is 6.02. The number of rotatable bonds is 2. The Labute approximate surface area is 101 Å². The van der Waals surface area contributed by atoms with Crippen molar-refractivity contribution in [1.29, 1.82) is 0 Å². The largest absolute Gasteiger partial charge is 0.303 e. The van der Waals surface area contributed by atoms with Gasteiger partial charge in [0.15, 0.2) is 0 Å². The maximum Gasteiger partial charge on any atom is 0.124 e. The van der Waals surface area contributed by atoms with E-state index in [0.717, 1.165) is 11.8 Å². The van der Waals surface area contributed by atoms with Crippen molar-refractivity contribution in [1.82, 2.24) is 0 Å². The number of carbonyl (C=O) groups excluding carboxylic acids is 1. The van der Waals surface area contributed by atoms with E-state index in [2.05, 4.69) is 26.0 Å². The first-order chi connectivity index (χ1) is 8.13. The van der Waals surface area contributed by atoms with Crippen LogP contribution in [0.2, 0.25) is 0 Å². The predicted octanol–water partition coefficient (Wildman–Crippen LogP) is 3.57. The third-order valence-corrected chi connectivity index (χ3v) is 3.72. The molecule has 0 unspecified atom stereocenters. The van der Waals surface area contributed by atoms with E-state index in [1.165, 1.54) is 12.1 Å². The van der Waals surface area contributed by atoms with Crippen LogP contribution in [0.25, 0.3) is 0 Å². The van der Waals surface area contributed by atoms with Crippen LogP contribution < -0.4 is 0 Å². The molecule has 0 radical (unpaired) electrons. The summed E-state index contributed by atoms with van der Waals surface area (Å²) in [5, 5.41) is 0. The summed E-state index contributed by atoms with van der Waals surface area (Å²) >= 11 is 0. The van der Waals surface area contributed by atoms with Crippen LogP contribution in [0.1, 0.15) is 25.3 Å². The van der Waals surface area contributed by atoms with Gasteiger partial charge in [0.2, 0.25) is 0 Å². The number of halogens is 1. The Bertz CT molecular complexity index is 421. The third-order valence-electron chi connectivity index (χ3n) is 3.72. The average molecular weight is 232 g/mol. The maximum absolute atomic E-state index is 12.9. The van der Waals surface area contributed by atoms with Crippen molar-refractivity contribution in [2.45, 2.75) is 19.8 Å². The molecule has 0 aromatic heterocycles. The molecule has 90 valence electrons. The number of benzene rings is 1. The smallest absolute Gasteiger partial charge is 0.124 e. The predicted molar refractivity (Wildman–Crippen MR) is 66.2 cm³/mol. The number of allylic oxidation sites excluding steroid dienone is 2. The van der Waals surface area contributed by atoms with Crippen LogP contribution in [0.4, 0.5) is 4.39 Å². The van der Waals surface area contributed by atoms with Crippen LogP contribution >= 0.6 is 0 Å². The normalized spacial score (nSPS) is 32.4. The highest BCUT2D eigenvalue weighted by Crippen LogP contribution is 2.40. The van der Waals surface area contributed by atoms with Crippen LogP contribution in [-0.4, -0.2) is 6.29 Å². The Morgan fingerprint density at radius 1 is 1.06 bits per heavy atom. The summed E-state index contributed by atoms with van der Waals surface area (Å²) in [6.45, 7) is 4.16. The molecule has 0 heterocycles. The molecule has 1 aromatic carbocycles. The van der Waals surface area contributed by atoms with Crippen LogP contribution in [0.15, 0.2) is 36.4 Å². The lowest BCUT2D eigenvalue weighted by Gasteiger charge is -2.34. The lowest BCUT2D eigenvalue weighted by atomic mass is 9.69. The molecule has 1 aliphatic rings. The van der Waals surface area contributed by atoms with Crippen LogP contribution in [0.3, 0.4) is 0 Å². The lowest BCUT2D eigenvalue weighted by molar-refractivity contribution is -0.113.